The molecule has 8 heteroatoms. The Hall–Kier alpha value is -1.60. The standard InChI is InChI=1S/C11H9BrClNO5/c12-8-3-6(13)1-2-7(8)11(19)14(4-9(15)16)5-10(17)18/h1-3H,4-5H2,(H,15,16)(H,17,18). The van der Waals surface area contributed by atoms with E-state index in [1.54, 1.807) is 0 Å². The Balaban J connectivity index is 3.04. The molecule has 0 fully saturated rings. The van der Waals surface area contributed by atoms with Gasteiger partial charge in [0.15, 0.2) is 0 Å². The minimum atomic E-state index is -1.29. The molecule has 19 heavy (non-hydrogen) atoms. The summed E-state index contributed by atoms with van der Waals surface area (Å²) in [6, 6.07) is 4.32. The van der Waals surface area contributed by atoms with Gasteiger partial charge >= 0.3 is 11.9 Å². The van der Waals surface area contributed by atoms with E-state index >= 15 is 0 Å². The van der Waals surface area contributed by atoms with Gasteiger partial charge in [-0.3, -0.25) is 14.4 Å². The van der Waals surface area contributed by atoms with E-state index in [1.165, 1.54) is 18.2 Å². The molecule has 0 bridgehead atoms. The van der Waals surface area contributed by atoms with Crippen LogP contribution in [0.4, 0.5) is 0 Å². The Labute approximate surface area is 121 Å². The molecule has 0 aliphatic heterocycles. The lowest BCUT2D eigenvalue weighted by atomic mass is 10.2. The second kappa shape index (κ2) is 6.53. The van der Waals surface area contributed by atoms with Crippen LogP contribution < -0.4 is 0 Å². The van der Waals surface area contributed by atoms with Crippen LogP contribution in [0.2, 0.25) is 5.02 Å². The third-order valence-electron chi connectivity index (χ3n) is 2.10. The van der Waals surface area contributed by atoms with Gasteiger partial charge in [0.05, 0.1) is 5.56 Å². The average molecular weight is 351 g/mol. The van der Waals surface area contributed by atoms with Gasteiger partial charge in [-0.2, -0.15) is 0 Å². The third kappa shape index (κ3) is 4.53. The highest BCUT2D eigenvalue weighted by Crippen LogP contribution is 2.22. The summed E-state index contributed by atoms with van der Waals surface area (Å²) in [4.78, 5) is 34.1. The fraction of sp³-hybridized carbons (Fsp3) is 0.182. The lowest BCUT2D eigenvalue weighted by Gasteiger charge is -2.19. The van der Waals surface area contributed by atoms with Gasteiger partial charge in [-0.05, 0) is 34.1 Å². The molecule has 1 rings (SSSR count). The van der Waals surface area contributed by atoms with Crippen LogP contribution >= 0.6 is 27.5 Å². The summed E-state index contributed by atoms with van der Waals surface area (Å²) in [7, 11) is 0. The zero-order valence-electron chi connectivity index (χ0n) is 9.47. The van der Waals surface area contributed by atoms with Gasteiger partial charge in [0.2, 0.25) is 0 Å². The number of amides is 1. The Morgan fingerprint density at radius 3 is 2.11 bits per heavy atom. The van der Waals surface area contributed by atoms with Crippen LogP contribution in [0.15, 0.2) is 22.7 Å². The summed E-state index contributed by atoms with van der Waals surface area (Å²) < 4.78 is 0.366. The second-order valence-electron chi connectivity index (χ2n) is 3.57. The lowest BCUT2D eigenvalue weighted by Crippen LogP contribution is -2.39. The van der Waals surface area contributed by atoms with Gasteiger partial charge < -0.3 is 15.1 Å². The van der Waals surface area contributed by atoms with Crippen LogP contribution in [-0.2, 0) is 9.59 Å². The maximum atomic E-state index is 12.1. The summed E-state index contributed by atoms with van der Waals surface area (Å²) in [6.45, 7) is -1.39. The van der Waals surface area contributed by atoms with Crippen molar-refractivity contribution < 1.29 is 24.6 Å². The fourth-order valence-corrected chi connectivity index (χ4v) is 2.21. The van der Waals surface area contributed by atoms with Crippen molar-refractivity contribution in [1.29, 1.82) is 0 Å². The van der Waals surface area contributed by atoms with Gasteiger partial charge in [-0.15, -0.1) is 0 Å². The summed E-state index contributed by atoms with van der Waals surface area (Å²) in [5, 5.41) is 17.8. The maximum absolute atomic E-state index is 12.1. The van der Waals surface area contributed by atoms with E-state index in [9.17, 15) is 14.4 Å². The molecule has 0 atom stereocenters. The molecule has 0 unspecified atom stereocenters. The Morgan fingerprint density at radius 2 is 1.68 bits per heavy atom. The first-order valence-corrected chi connectivity index (χ1v) is 6.16. The van der Waals surface area contributed by atoms with Gasteiger partial charge in [0, 0.05) is 9.50 Å². The number of rotatable bonds is 5. The summed E-state index contributed by atoms with van der Waals surface area (Å²) in [5.74, 6) is -3.28. The van der Waals surface area contributed by atoms with Crippen molar-refractivity contribution in [2.24, 2.45) is 0 Å². The van der Waals surface area contributed by atoms with Crippen molar-refractivity contribution in [3.63, 3.8) is 0 Å². The number of hydrogen-bond acceptors (Lipinski definition) is 3. The fourth-order valence-electron chi connectivity index (χ4n) is 1.36. The predicted molar refractivity (Wildman–Crippen MR) is 70.3 cm³/mol. The summed E-state index contributed by atoms with van der Waals surface area (Å²) >= 11 is 8.85. The Morgan fingerprint density at radius 1 is 1.16 bits per heavy atom. The molecule has 0 heterocycles. The molecule has 0 saturated heterocycles. The third-order valence-corrected chi connectivity index (χ3v) is 2.99. The number of nitrogens with zero attached hydrogens (tertiary/aromatic N) is 1. The molecular formula is C11H9BrClNO5. The minimum Gasteiger partial charge on any atom is -0.480 e. The van der Waals surface area contributed by atoms with Crippen molar-refractivity contribution >= 4 is 45.4 Å². The Bertz CT molecular complexity index is 518. The lowest BCUT2D eigenvalue weighted by molar-refractivity contribution is -0.140. The highest BCUT2D eigenvalue weighted by Gasteiger charge is 2.22. The quantitative estimate of drug-likeness (QED) is 0.843. The number of carboxylic acid groups (broad SMARTS) is 2. The second-order valence-corrected chi connectivity index (χ2v) is 4.86. The highest BCUT2D eigenvalue weighted by atomic mass is 79.9. The van der Waals surface area contributed by atoms with Crippen molar-refractivity contribution in [2.45, 2.75) is 0 Å². The van der Waals surface area contributed by atoms with E-state index < -0.39 is 30.9 Å². The molecule has 102 valence electrons. The van der Waals surface area contributed by atoms with Crippen molar-refractivity contribution in [1.82, 2.24) is 4.90 Å². The van der Waals surface area contributed by atoms with E-state index in [-0.39, 0.29) is 5.56 Å². The van der Waals surface area contributed by atoms with Gasteiger partial charge in [-0.1, -0.05) is 11.6 Å². The molecule has 6 nitrogen and oxygen atoms in total. The van der Waals surface area contributed by atoms with E-state index in [0.29, 0.717) is 9.50 Å². The first kappa shape index (κ1) is 15.5. The van der Waals surface area contributed by atoms with Gasteiger partial charge in [-0.25, -0.2) is 0 Å². The molecule has 0 aliphatic carbocycles. The zero-order valence-corrected chi connectivity index (χ0v) is 11.8. The molecule has 0 radical (unpaired) electrons. The topological polar surface area (TPSA) is 94.9 Å². The van der Waals surface area contributed by atoms with E-state index in [2.05, 4.69) is 15.9 Å². The molecule has 0 saturated carbocycles. The normalized spacial score (nSPS) is 10.0. The van der Waals surface area contributed by atoms with Crippen LogP contribution in [0, 0.1) is 0 Å². The van der Waals surface area contributed by atoms with Crippen LogP contribution in [-0.4, -0.2) is 46.0 Å². The molecular weight excluding hydrogens is 341 g/mol. The largest absolute Gasteiger partial charge is 0.480 e. The van der Waals surface area contributed by atoms with E-state index in [1.807, 2.05) is 0 Å². The van der Waals surface area contributed by atoms with Gasteiger partial charge in [0.1, 0.15) is 13.1 Å². The first-order valence-electron chi connectivity index (χ1n) is 4.99. The number of hydrogen-bond donors (Lipinski definition) is 2. The molecule has 0 aromatic heterocycles. The number of carbonyl (C=O) groups is 3. The van der Waals surface area contributed by atoms with Crippen LogP contribution in [0.25, 0.3) is 0 Å². The number of aliphatic carboxylic acids is 2. The van der Waals surface area contributed by atoms with Gasteiger partial charge in [0.25, 0.3) is 5.91 Å². The molecule has 0 spiro atoms. The van der Waals surface area contributed by atoms with Crippen molar-refractivity contribution in [2.75, 3.05) is 13.1 Å². The molecule has 1 aromatic carbocycles. The average Bonchev–Trinajstić information content (AvgIpc) is 2.26. The first-order chi connectivity index (χ1) is 8.81. The summed E-state index contributed by atoms with van der Waals surface area (Å²) in [5.41, 5.74) is 0.145. The van der Waals surface area contributed by atoms with E-state index in [0.717, 1.165) is 4.90 Å². The molecule has 0 aliphatic rings. The molecule has 1 aromatic rings. The molecule has 1 amide bonds. The van der Waals surface area contributed by atoms with Crippen LogP contribution in [0.1, 0.15) is 10.4 Å². The predicted octanol–water partition coefficient (Wildman–Crippen LogP) is 1.71. The number of carboxylic acids is 2. The zero-order chi connectivity index (χ0) is 14.6. The van der Waals surface area contributed by atoms with E-state index in [4.69, 9.17) is 21.8 Å². The van der Waals surface area contributed by atoms with Crippen LogP contribution in [0.5, 0.6) is 0 Å². The summed E-state index contributed by atoms with van der Waals surface area (Å²) in [6.07, 6.45) is 0. The smallest absolute Gasteiger partial charge is 0.323 e. The van der Waals surface area contributed by atoms with Crippen LogP contribution in [0.3, 0.4) is 0 Å². The number of benzene rings is 1. The monoisotopic (exact) mass is 349 g/mol. The maximum Gasteiger partial charge on any atom is 0.323 e. The Kier molecular flexibility index (Phi) is 5.31. The SMILES string of the molecule is O=C(O)CN(CC(=O)O)C(=O)c1ccc(Cl)cc1Br. The number of carbonyl (C=O) groups excluding carboxylic acids is 1. The highest BCUT2D eigenvalue weighted by molar-refractivity contribution is 9.10. The van der Waals surface area contributed by atoms with Crippen molar-refractivity contribution in [3.05, 3.63) is 33.3 Å². The molecule has 2 N–H and O–H groups in total. The minimum absolute atomic E-state index is 0.145. The number of halogens is 2. The van der Waals surface area contributed by atoms with Crippen molar-refractivity contribution in [3.8, 4) is 0 Å².